The van der Waals surface area contributed by atoms with Gasteiger partial charge in [-0.15, -0.1) is 0 Å². The maximum atomic E-state index is 13.4. The van der Waals surface area contributed by atoms with Gasteiger partial charge in [0.2, 0.25) is 5.91 Å². The summed E-state index contributed by atoms with van der Waals surface area (Å²) in [7, 11) is 0. The molecule has 1 N–H and O–H groups in total. The minimum absolute atomic E-state index is 0.0514. The highest BCUT2D eigenvalue weighted by molar-refractivity contribution is 6.31. The van der Waals surface area contributed by atoms with Crippen LogP contribution >= 0.6 is 11.6 Å². The molecule has 1 heterocycles. The Morgan fingerprint density at radius 3 is 2.70 bits per heavy atom. The number of anilines is 1. The molecule has 0 aromatic heterocycles. The highest BCUT2D eigenvalue weighted by atomic mass is 35.5. The smallest absolute Gasteiger partial charge is 0.294 e. The van der Waals surface area contributed by atoms with Crippen LogP contribution in [0.2, 0.25) is 5.02 Å². The van der Waals surface area contributed by atoms with Gasteiger partial charge in [0.1, 0.15) is 11.5 Å². The lowest BCUT2D eigenvalue weighted by atomic mass is 10.2. The maximum absolute atomic E-state index is 13.4. The van der Waals surface area contributed by atoms with Gasteiger partial charge in [-0.2, -0.15) is 0 Å². The summed E-state index contributed by atoms with van der Waals surface area (Å²) in [5.41, 5.74) is -0.407. The Balaban J connectivity index is 2.10. The Morgan fingerprint density at radius 2 is 2.10 bits per heavy atom. The number of hydrogen-bond acceptors (Lipinski definition) is 4. The Morgan fingerprint density at radius 1 is 1.45 bits per heavy atom. The average Bonchev–Trinajstić information content (AvgIpc) is 2.93. The number of nitro benzene ring substituents is 1. The lowest BCUT2D eigenvalue weighted by molar-refractivity contribution is -0.384. The molecule has 108 valence electrons. The van der Waals surface area contributed by atoms with Crippen LogP contribution in [0.3, 0.4) is 0 Å². The van der Waals surface area contributed by atoms with Crippen LogP contribution in [-0.2, 0) is 4.79 Å². The molecule has 1 aromatic carbocycles. The van der Waals surface area contributed by atoms with Gasteiger partial charge in [-0.25, -0.2) is 4.39 Å². The largest absolute Gasteiger partial charge is 0.370 e. The third-order valence-corrected chi connectivity index (χ3v) is 3.41. The number of nitro groups is 1. The summed E-state index contributed by atoms with van der Waals surface area (Å²) >= 11 is 5.51. The van der Waals surface area contributed by atoms with E-state index in [9.17, 15) is 19.3 Å². The second kappa shape index (κ2) is 6.04. The van der Waals surface area contributed by atoms with Crippen molar-refractivity contribution in [3.05, 3.63) is 33.1 Å². The van der Waals surface area contributed by atoms with Crippen LogP contribution in [0.25, 0.3) is 0 Å². The number of likely N-dealkylation sites (tertiary alicyclic amines) is 1. The van der Waals surface area contributed by atoms with Crippen LogP contribution in [-0.4, -0.2) is 35.4 Å². The van der Waals surface area contributed by atoms with E-state index < -0.39 is 10.7 Å². The monoisotopic (exact) mass is 301 g/mol. The highest BCUT2D eigenvalue weighted by Gasteiger charge is 2.21. The molecule has 0 aliphatic carbocycles. The zero-order valence-electron chi connectivity index (χ0n) is 10.6. The Hall–Kier alpha value is -1.89. The van der Waals surface area contributed by atoms with Crippen molar-refractivity contribution < 1.29 is 14.1 Å². The molecule has 0 radical (unpaired) electrons. The number of rotatable bonds is 4. The molecule has 6 nitrogen and oxygen atoms in total. The maximum Gasteiger partial charge on any atom is 0.294 e. The summed E-state index contributed by atoms with van der Waals surface area (Å²) in [4.78, 5) is 23.7. The third kappa shape index (κ3) is 3.16. The van der Waals surface area contributed by atoms with Crippen molar-refractivity contribution in [3.8, 4) is 0 Å². The number of nitrogens with zero attached hydrogens (tertiary/aromatic N) is 2. The Labute approximate surface area is 119 Å². The van der Waals surface area contributed by atoms with Crippen LogP contribution in [0.1, 0.15) is 12.8 Å². The summed E-state index contributed by atoms with van der Waals surface area (Å²) < 4.78 is 13.4. The minimum Gasteiger partial charge on any atom is -0.370 e. The van der Waals surface area contributed by atoms with E-state index in [1.165, 1.54) is 0 Å². The van der Waals surface area contributed by atoms with Crippen LogP contribution in [0.4, 0.5) is 15.8 Å². The van der Waals surface area contributed by atoms with Gasteiger partial charge >= 0.3 is 0 Å². The summed E-state index contributed by atoms with van der Waals surface area (Å²) in [6.07, 6.45) is 1.92. The number of carbonyl (C=O) groups is 1. The molecule has 1 fully saturated rings. The van der Waals surface area contributed by atoms with Crippen LogP contribution in [0.5, 0.6) is 0 Å². The molecule has 0 bridgehead atoms. The van der Waals surface area contributed by atoms with Gasteiger partial charge in [-0.3, -0.25) is 14.9 Å². The van der Waals surface area contributed by atoms with E-state index in [1.54, 1.807) is 4.90 Å². The first-order chi connectivity index (χ1) is 9.49. The van der Waals surface area contributed by atoms with Crippen molar-refractivity contribution in [2.24, 2.45) is 0 Å². The zero-order valence-corrected chi connectivity index (χ0v) is 11.3. The van der Waals surface area contributed by atoms with E-state index in [0.717, 1.165) is 25.0 Å². The lowest BCUT2D eigenvalue weighted by Gasteiger charge is -2.16. The summed E-state index contributed by atoms with van der Waals surface area (Å²) in [6, 6.07) is 1.86. The second-order valence-corrected chi connectivity index (χ2v) is 4.89. The average molecular weight is 302 g/mol. The molecule has 8 heteroatoms. The predicted molar refractivity (Wildman–Crippen MR) is 72.4 cm³/mol. The molecule has 1 amide bonds. The highest BCUT2D eigenvalue weighted by Crippen LogP contribution is 2.30. The van der Waals surface area contributed by atoms with Crippen molar-refractivity contribution in [2.75, 3.05) is 25.0 Å². The van der Waals surface area contributed by atoms with Crippen LogP contribution < -0.4 is 5.32 Å². The first kappa shape index (κ1) is 14.5. The zero-order chi connectivity index (χ0) is 14.7. The third-order valence-electron chi connectivity index (χ3n) is 3.12. The molecule has 0 spiro atoms. The minimum atomic E-state index is -0.770. The van der Waals surface area contributed by atoms with Crippen molar-refractivity contribution >= 4 is 28.9 Å². The van der Waals surface area contributed by atoms with Gasteiger partial charge in [-0.1, -0.05) is 11.6 Å². The Bertz CT molecular complexity index is 547. The number of halogens is 2. The topological polar surface area (TPSA) is 75.5 Å². The SMILES string of the molecule is O=C(CNc1cc(F)c(Cl)cc1[N+](=O)[O-])N1CCCC1. The molecule has 1 aliphatic rings. The molecule has 1 aromatic rings. The second-order valence-electron chi connectivity index (χ2n) is 4.48. The van der Waals surface area contributed by atoms with Crippen molar-refractivity contribution in [1.82, 2.24) is 4.90 Å². The van der Waals surface area contributed by atoms with Crippen molar-refractivity contribution in [2.45, 2.75) is 12.8 Å². The van der Waals surface area contributed by atoms with E-state index in [0.29, 0.717) is 13.1 Å². The first-order valence-corrected chi connectivity index (χ1v) is 6.52. The van der Waals surface area contributed by atoms with Gasteiger partial charge in [-0.05, 0) is 12.8 Å². The molecule has 0 saturated carbocycles. The molecule has 2 rings (SSSR count). The normalized spacial score (nSPS) is 14.4. The van der Waals surface area contributed by atoms with E-state index >= 15 is 0 Å². The summed E-state index contributed by atoms with van der Waals surface area (Å²) in [6.45, 7) is 1.27. The first-order valence-electron chi connectivity index (χ1n) is 6.14. The number of amides is 1. The van der Waals surface area contributed by atoms with E-state index in [2.05, 4.69) is 5.32 Å². The molecule has 1 saturated heterocycles. The standard InChI is InChI=1S/C12H13ClFN3O3/c13-8-5-11(17(19)20)10(6-9(8)14)15-7-12(18)16-3-1-2-4-16/h5-6,15H,1-4,7H2. The van der Waals surface area contributed by atoms with Gasteiger partial charge < -0.3 is 10.2 Å². The van der Waals surface area contributed by atoms with Gasteiger partial charge in [0.25, 0.3) is 5.69 Å². The van der Waals surface area contributed by atoms with Crippen molar-refractivity contribution in [1.29, 1.82) is 0 Å². The lowest BCUT2D eigenvalue weighted by Crippen LogP contribution is -2.33. The van der Waals surface area contributed by atoms with Gasteiger partial charge in [0.05, 0.1) is 16.5 Å². The quantitative estimate of drug-likeness (QED) is 0.684. The Kier molecular flexibility index (Phi) is 4.39. The van der Waals surface area contributed by atoms with Crippen LogP contribution in [0, 0.1) is 15.9 Å². The van der Waals surface area contributed by atoms with Crippen LogP contribution in [0.15, 0.2) is 12.1 Å². The van der Waals surface area contributed by atoms with Crippen molar-refractivity contribution in [3.63, 3.8) is 0 Å². The fourth-order valence-corrected chi connectivity index (χ4v) is 2.24. The summed E-state index contributed by atoms with van der Waals surface area (Å²) in [5.74, 6) is -0.930. The number of carbonyl (C=O) groups excluding carboxylic acids is 1. The fourth-order valence-electron chi connectivity index (χ4n) is 2.08. The molecular weight excluding hydrogens is 289 g/mol. The fraction of sp³-hybridized carbons (Fsp3) is 0.417. The van der Waals surface area contributed by atoms with Gasteiger partial charge in [0, 0.05) is 25.2 Å². The molecule has 20 heavy (non-hydrogen) atoms. The molecule has 0 unspecified atom stereocenters. The molecule has 1 aliphatic heterocycles. The summed E-state index contributed by atoms with van der Waals surface area (Å²) in [5, 5.41) is 13.2. The van der Waals surface area contributed by atoms with E-state index in [1.807, 2.05) is 0 Å². The predicted octanol–water partition coefficient (Wildman–Crippen LogP) is 2.42. The van der Waals surface area contributed by atoms with Gasteiger partial charge in [0.15, 0.2) is 0 Å². The molecule has 0 atom stereocenters. The number of nitrogens with one attached hydrogen (secondary N) is 1. The van der Waals surface area contributed by atoms with E-state index in [-0.39, 0.29) is 28.8 Å². The number of benzene rings is 1. The number of hydrogen-bond donors (Lipinski definition) is 1. The van der Waals surface area contributed by atoms with E-state index in [4.69, 9.17) is 11.6 Å². The molecular formula is C12H13ClFN3O3.